The number of hydrogen-bond acceptors (Lipinski definition) is 9. The zero-order chi connectivity index (χ0) is 28.7. The van der Waals surface area contributed by atoms with E-state index in [1.54, 1.807) is 12.1 Å². The number of ether oxygens (including phenoxy) is 3. The molecule has 6 unspecified atom stereocenters. The molecular formula is C32H32O9. The normalized spacial score (nSPS) is 32.2. The predicted molar refractivity (Wildman–Crippen MR) is 144 cm³/mol. The van der Waals surface area contributed by atoms with Crippen molar-refractivity contribution in [2.75, 3.05) is 0 Å². The Morgan fingerprint density at radius 2 is 1.71 bits per heavy atom. The summed E-state index contributed by atoms with van der Waals surface area (Å²) in [5, 5.41) is 21.1. The second-order valence-electron chi connectivity index (χ2n) is 13.7. The third kappa shape index (κ3) is 3.02. The van der Waals surface area contributed by atoms with Gasteiger partial charge in [-0.3, -0.25) is 4.79 Å². The van der Waals surface area contributed by atoms with E-state index in [0.29, 0.717) is 35.6 Å². The number of aliphatic hydroxyl groups is 1. The molecule has 6 atom stereocenters. The van der Waals surface area contributed by atoms with E-state index in [1.807, 2.05) is 27.7 Å². The van der Waals surface area contributed by atoms with Crippen LogP contribution in [0.1, 0.15) is 103 Å². The van der Waals surface area contributed by atoms with E-state index < -0.39 is 23.3 Å². The number of esters is 3. The second kappa shape index (κ2) is 7.82. The summed E-state index contributed by atoms with van der Waals surface area (Å²) in [4.78, 5) is 40.5. The Kier molecular flexibility index (Phi) is 4.80. The highest BCUT2D eigenvalue weighted by molar-refractivity contribution is 6.21. The molecule has 9 nitrogen and oxygen atoms in total. The van der Waals surface area contributed by atoms with Crippen molar-refractivity contribution in [3.8, 4) is 23.0 Å². The first-order valence-corrected chi connectivity index (χ1v) is 14.6. The minimum absolute atomic E-state index is 0.0208. The first-order valence-electron chi connectivity index (χ1n) is 14.6. The third-order valence-corrected chi connectivity index (χ3v) is 10.9. The van der Waals surface area contributed by atoms with Crippen molar-refractivity contribution in [1.29, 1.82) is 0 Å². The van der Waals surface area contributed by atoms with Gasteiger partial charge in [0.1, 0.15) is 22.6 Å². The molecule has 5 aliphatic rings. The zero-order valence-electron chi connectivity index (χ0n) is 23.4. The fourth-order valence-electron chi connectivity index (χ4n) is 9.20. The number of hydrogen-bond donors (Lipinski definition) is 2. The summed E-state index contributed by atoms with van der Waals surface area (Å²) >= 11 is 0. The molecule has 1 spiro atoms. The smallest absolute Gasteiger partial charge is 0.348 e. The van der Waals surface area contributed by atoms with Gasteiger partial charge in [0.2, 0.25) is 11.5 Å². The van der Waals surface area contributed by atoms with Crippen LogP contribution in [0.15, 0.2) is 16.5 Å². The van der Waals surface area contributed by atoms with E-state index in [-0.39, 0.29) is 74.7 Å². The van der Waals surface area contributed by atoms with Crippen LogP contribution in [-0.2, 0) is 4.79 Å². The third-order valence-electron chi connectivity index (χ3n) is 10.9. The molecule has 214 valence electrons. The first kappa shape index (κ1) is 25.1. The number of carbonyl (C=O) groups excluding carboxylic acids is 3. The van der Waals surface area contributed by atoms with E-state index in [0.717, 1.165) is 19.3 Å². The summed E-state index contributed by atoms with van der Waals surface area (Å²) in [5.41, 5.74) is 0.474. The number of aliphatic hydroxyl groups excluding tert-OH is 1. The van der Waals surface area contributed by atoms with Crippen molar-refractivity contribution < 1.29 is 43.2 Å². The van der Waals surface area contributed by atoms with Gasteiger partial charge in [-0.25, -0.2) is 9.59 Å². The number of phenols is 1. The van der Waals surface area contributed by atoms with E-state index in [9.17, 15) is 24.6 Å². The van der Waals surface area contributed by atoms with Gasteiger partial charge in [-0.2, -0.15) is 0 Å². The van der Waals surface area contributed by atoms with Crippen LogP contribution in [0.5, 0.6) is 23.0 Å². The summed E-state index contributed by atoms with van der Waals surface area (Å²) in [6.07, 6.45) is 3.56. The van der Waals surface area contributed by atoms with Gasteiger partial charge < -0.3 is 28.8 Å². The van der Waals surface area contributed by atoms with Gasteiger partial charge >= 0.3 is 17.9 Å². The van der Waals surface area contributed by atoms with E-state index >= 15 is 0 Å². The summed E-state index contributed by atoms with van der Waals surface area (Å²) in [6, 6.07) is 3.13. The Morgan fingerprint density at radius 3 is 2.39 bits per heavy atom. The van der Waals surface area contributed by atoms with Gasteiger partial charge in [-0.1, -0.05) is 27.7 Å². The van der Waals surface area contributed by atoms with Gasteiger partial charge in [0.05, 0.1) is 11.5 Å². The van der Waals surface area contributed by atoms with Crippen molar-refractivity contribution in [2.24, 2.45) is 28.6 Å². The van der Waals surface area contributed by atoms with Gasteiger partial charge in [0.15, 0.2) is 11.2 Å². The average Bonchev–Trinajstić information content (AvgIpc) is 3.61. The van der Waals surface area contributed by atoms with Crippen LogP contribution in [0.2, 0.25) is 0 Å². The molecule has 0 radical (unpaired) electrons. The Bertz CT molecular complexity index is 1650. The lowest BCUT2D eigenvalue weighted by Crippen LogP contribution is -2.45. The molecule has 4 fully saturated rings. The highest BCUT2D eigenvalue weighted by Crippen LogP contribution is 2.79. The molecule has 0 amide bonds. The molecule has 1 aliphatic heterocycles. The standard InChI is InChI=1S/C32H32O9/c1-12(2)17-6-16(33)7-18(13(3)4)23(17)39-28(35)21-20-24-26(40-29(20)36)27(25(21)38-24)41-30(37)31-8-14-9-32(11-31)15(10-31)5-19(32)22(14)34/h6-7,12-15,19,22,33-34H,5,8-11H2,1-4H3. The number of rotatable bonds is 6. The number of fused-ring (bicyclic) bond motifs is 3. The van der Waals surface area contributed by atoms with Gasteiger partial charge in [0.25, 0.3) is 0 Å². The van der Waals surface area contributed by atoms with Crippen molar-refractivity contribution >= 4 is 29.1 Å². The topological polar surface area (TPSA) is 132 Å². The molecule has 3 heterocycles. The van der Waals surface area contributed by atoms with Crippen molar-refractivity contribution in [3.05, 3.63) is 34.4 Å². The van der Waals surface area contributed by atoms with Gasteiger partial charge in [-0.05, 0) is 79.2 Å². The molecule has 41 heavy (non-hydrogen) atoms. The lowest BCUT2D eigenvalue weighted by atomic mass is 9.55. The van der Waals surface area contributed by atoms with Crippen LogP contribution in [0.3, 0.4) is 0 Å². The Labute approximate surface area is 236 Å². The predicted octanol–water partition coefficient (Wildman–Crippen LogP) is 5.67. The average molecular weight is 561 g/mol. The molecule has 4 saturated carbocycles. The van der Waals surface area contributed by atoms with E-state index in [1.165, 1.54) is 0 Å². The zero-order valence-corrected chi connectivity index (χ0v) is 23.4. The second-order valence-corrected chi connectivity index (χ2v) is 13.7. The summed E-state index contributed by atoms with van der Waals surface area (Å²) in [7, 11) is 0. The van der Waals surface area contributed by atoms with Crippen molar-refractivity contribution in [3.63, 3.8) is 0 Å². The molecule has 3 aromatic rings. The number of benzene rings is 2. The molecule has 2 N–H and O–H groups in total. The van der Waals surface area contributed by atoms with Crippen LogP contribution >= 0.6 is 0 Å². The van der Waals surface area contributed by atoms with Crippen molar-refractivity contribution in [1.82, 2.24) is 0 Å². The summed E-state index contributed by atoms with van der Waals surface area (Å²) in [6.45, 7) is 7.71. The minimum Gasteiger partial charge on any atom is -0.508 e. The number of carbonyl (C=O) groups is 3. The Morgan fingerprint density at radius 1 is 1.00 bits per heavy atom. The molecule has 8 rings (SSSR count). The van der Waals surface area contributed by atoms with Crippen LogP contribution in [-0.4, -0.2) is 34.2 Å². The molecule has 9 heteroatoms. The van der Waals surface area contributed by atoms with Gasteiger partial charge in [-0.15, -0.1) is 0 Å². The first-order chi connectivity index (χ1) is 19.4. The molecule has 5 bridgehead atoms. The quantitative estimate of drug-likeness (QED) is 0.289. The minimum atomic E-state index is -0.830. The maximum Gasteiger partial charge on any atom is 0.348 e. The monoisotopic (exact) mass is 560 g/mol. The lowest BCUT2D eigenvalue weighted by molar-refractivity contribution is -0.148. The fraction of sp³-hybridized carbons (Fsp3) is 0.531. The van der Waals surface area contributed by atoms with Crippen LogP contribution in [0, 0.1) is 28.6 Å². The largest absolute Gasteiger partial charge is 0.508 e. The number of aromatic hydroxyl groups is 1. The summed E-state index contributed by atoms with van der Waals surface area (Å²) in [5.74, 6) is -1.04. The van der Waals surface area contributed by atoms with Crippen LogP contribution in [0.4, 0.5) is 0 Å². The lowest BCUT2D eigenvalue weighted by Gasteiger charge is -2.49. The van der Waals surface area contributed by atoms with Gasteiger partial charge in [0, 0.05) is 11.1 Å². The van der Waals surface area contributed by atoms with Crippen molar-refractivity contribution in [2.45, 2.75) is 77.7 Å². The maximum atomic E-state index is 13.9. The highest BCUT2D eigenvalue weighted by Gasteiger charge is 2.75. The SMILES string of the molecule is CC(C)c1cc(O)cc(C(C)C)c1OC(=O)c1c2c3oc1c(OC(=O)C14CC5CC6(C1)C(CC6C5O)C4)c3OC2=O. The summed E-state index contributed by atoms with van der Waals surface area (Å²) < 4.78 is 23.2. The Hall–Kier alpha value is -3.59. The Balaban J connectivity index is 1.15. The number of phenolic OH excluding ortho intramolecular Hbond substituents is 1. The van der Waals surface area contributed by atoms with E-state index in [2.05, 4.69) is 0 Å². The maximum absolute atomic E-state index is 13.9. The highest BCUT2D eigenvalue weighted by atomic mass is 16.6. The molecule has 1 aromatic carbocycles. The number of furan rings is 2. The van der Waals surface area contributed by atoms with E-state index in [4.69, 9.17) is 18.6 Å². The molecule has 0 saturated heterocycles. The molecule has 2 aromatic heterocycles. The molecule has 4 aliphatic carbocycles. The molecular weight excluding hydrogens is 528 g/mol. The van der Waals surface area contributed by atoms with Crippen LogP contribution < -0.4 is 14.2 Å². The fourth-order valence-corrected chi connectivity index (χ4v) is 9.20. The van der Waals surface area contributed by atoms with Crippen LogP contribution in [0.25, 0.3) is 11.2 Å².